The molecule has 0 saturated heterocycles. The predicted molar refractivity (Wildman–Crippen MR) is 52.6 cm³/mol. The number of rotatable bonds is 2. The minimum Gasteiger partial charge on any atom is -0.206 e. The summed E-state index contributed by atoms with van der Waals surface area (Å²) < 4.78 is 33.9. The molecule has 0 aliphatic rings. The van der Waals surface area contributed by atoms with Crippen LogP contribution in [0.4, 0.5) is 13.2 Å². The predicted octanol–water partition coefficient (Wildman–Crippen LogP) is 5.31. The Bertz CT molecular complexity index is 105. The first-order valence-electron chi connectivity index (χ1n) is 4.79. The molecular formula is C10H21F3. The third-order valence-corrected chi connectivity index (χ3v) is 0.675. The highest BCUT2D eigenvalue weighted by molar-refractivity contribution is 4.90. The molecule has 0 N–H and O–H groups in total. The summed E-state index contributed by atoms with van der Waals surface area (Å²) in [5.41, 5.74) is 0. The van der Waals surface area contributed by atoms with Gasteiger partial charge in [0, 0.05) is 6.42 Å². The molecule has 0 aromatic carbocycles. The summed E-state index contributed by atoms with van der Waals surface area (Å²) in [6.07, 6.45) is -0.669. The minimum atomic E-state index is -2.19. The fourth-order valence-electron chi connectivity index (χ4n) is 0.314. The second-order valence-corrected chi connectivity index (χ2v) is 2.12. The van der Waals surface area contributed by atoms with Crippen molar-refractivity contribution in [3.05, 3.63) is 11.9 Å². The van der Waals surface area contributed by atoms with Gasteiger partial charge in [-0.3, -0.25) is 0 Å². The summed E-state index contributed by atoms with van der Waals surface area (Å²) in [5.74, 6) is -1.28. The average Bonchev–Trinajstić information content (AvgIpc) is 2.10. The zero-order valence-corrected chi connectivity index (χ0v) is 9.26. The van der Waals surface area contributed by atoms with Crippen LogP contribution in [0.3, 0.4) is 0 Å². The van der Waals surface area contributed by atoms with E-state index in [1.807, 2.05) is 13.8 Å². The van der Waals surface area contributed by atoms with Gasteiger partial charge in [0.05, 0.1) is 0 Å². The van der Waals surface area contributed by atoms with Crippen LogP contribution < -0.4 is 0 Å². The van der Waals surface area contributed by atoms with E-state index in [-0.39, 0.29) is 6.42 Å². The number of allylic oxidation sites excluding steroid dienone is 1. The Kier molecular flexibility index (Phi) is 24.8. The van der Waals surface area contributed by atoms with Gasteiger partial charge in [-0.15, -0.1) is 0 Å². The van der Waals surface area contributed by atoms with Crippen molar-refractivity contribution in [2.75, 3.05) is 0 Å². The topological polar surface area (TPSA) is 0 Å². The molecule has 0 rings (SSSR count). The van der Waals surface area contributed by atoms with Crippen LogP contribution in [0.2, 0.25) is 0 Å². The fraction of sp³-hybridized carbons (Fsp3) is 0.800. The quantitative estimate of drug-likeness (QED) is 0.564. The van der Waals surface area contributed by atoms with Crippen LogP contribution in [0.25, 0.3) is 0 Å². The second kappa shape index (κ2) is 17.6. The zero-order valence-electron chi connectivity index (χ0n) is 9.26. The van der Waals surface area contributed by atoms with Crippen molar-refractivity contribution in [1.29, 1.82) is 0 Å². The van der Waals surface area contributed by atoms with Crippen LogP contribution in [0, 0.1) is 0 Å². The van der Waals surface area contributed by atoms with E-state index in [0.29, 0.717) is 6.42 Å². The van der Waals surface area contributed by atoms with Gasteiger partial charge in [0.15, 0.2) is 5.83 Å². The second-order valence-electron chi connectivity index (χ2n) is 2.12. The molecule has 0 aliphatic carbocycles. The normalized spacial score (nSPS) is 7.38. The van der Waals surface area contributed by atoms with Crippen molar-refractivity contribution in [3.63, 3.8) is 0 Å². The maximum absolute atomic E-state index is 11.7. The maximum Gasteiger partial charge on any atom is 0.301 e. The van der Waals surface area contributed by atoms with Crippen molar-refractivity contribution in [3.8, 4) is 0 Å². The van der Waals surface area contributed by atoms with Crippen LogP contribution in [0.15, 0.2) is 11.9 Å². The molecule has 0 amide bonds. The van der Waals surface area contributed by atoms with E-state index in [0.717, 1.165) is 0 Å². The third kappa shape index (κ3) is 24.6. The highest BCUT2D eigenvalue weighted by Crippen LogP contribution is 2.13. The van der Waals surface area contributed by atoms with Gasteiger partial charge in [-0.05, 0) is 6.42 Å². The molecule has 0 aromatic heterocycles. The smallest absolute Gasteiger partial charge is 0.206 e. The Labute approximate surface area is 79.8 Å². The summed E-state index contributed by atoms with van der Waals surface area (Å²) in [4.78, 5) is 0. The van der Waals surface area contributed by atoms with Gasteiger partial charge in [-0.25, -0.2) is 4.39 Å². The van der Waals surface area contributed by atoms with E-state index in [1.54, 1.807) is 6.92 Å². The Hall–Kier alpha value is -0.470. The van der Waals surface area contributed by atoms with E-state index in [1.165, 1.54) is 6.42 Å². The molecule has 13 heavy (non-hydrogen) atoms. The number of halogens is 3. The van der Waals surface area contributed by atoms with E-state index < -0.39 is 11.9 Å². The lowest BCUT2D eigenvalue weighted by molar-refractivity contribution is 0.369. The van der Waals surface area contributed by atoms with Gasteiger partial charge in [0.25, 0.3) is 0 Å². The van der Waals surface area contributed by atoms with Gasteiger partial charge < -0.3 is 0 Å². The first-order valence-corrected chi connectivity index (χ1v) is 4.79. The molecular weight excluding hydrogens is 177 g/mol. The van der Waals surface area contributed by atoms with Crippen LogP contribution in [-0.4, -0.2) is 0 Å². The minimum absolute atomic E-state index is 0.150. The molecule has 0 radical (unpaired) electrons. The van der Waals surface area contributed by atoms with Crippen molar-refractivity contribution in [2.24, 2.45) is 0 Å². The van der Waals surface area contributed by atoms with Crippen molar-refractivity contribution in [1.82, 2.24) is 0 Å². The number of hydrogen-bond donors (Lipinski definition) is 0. The van der Waals surface area contributed by atoms with Gasteiger partial charge in [-0.2, -0.15) is 8.78 Å². The average molecular weight is 198 g/mol. The van der Waals surface area contributed by atoms with Crippen LogP contribution in [0.5, 0.6) is 0 Å². The first kappa shape index (κ1) is 18.3. The molecule has 0 nitrogen and oxygen atoms in total. The lowest BCUT2D eigenvalue weighted by Crippen LogP contribution is -1.73. The molecule has 0 aromatic rings. The van der Waals surface area contributed by atoms with Crippen LogP contribution in [0.1, 0.15) is 53.9 Å². The molecule has 0 heterocycles. The molecule has 0 fully saturated rings. The SMILES string of the molecule is CC.CCC.CCCC(F)=C(F)F. The van der Waals surface area contributed by atoms with Gasteiger partial charge in [0.1, 0.15) is 0 Å². The third-order valence-electron chi connectivity index (χ3n) is 0.675. The summed E-state index contributed by atoms with van der Waals surface area (Å²) in [7, 11) is 0. The number of hydrogen-bond acceptors (Lipinski definition) is 0. The first-order chi connectivity index (χ1) is 6.09. The van der Waals surface area contributed by atoms with E-state index in [4.69, 9.17) is 0 Å². The van der Waals surface area contributed by atoms with Crippen molar-refractivity contribution in [2.45, 2.75) is 53.9 Å². The highest BCUT2D eigenvalue weighted by Gasteiger charge is 2.00. The molecule has 3 heteroatoms. The highest BCUT2D eigenvalue weighted by atomic mass is 19.3. The Morgan fingerprint density at radius 3 is 1.31 bits per heavy atom. The van der Waals surface area contributed by atoms with E-state index >= 15 is 0 Å². The maximum atomic E-state index is 11.7. The van der Waals surface area contributed by atoms with Gasteiger partial charge in [0.2, 0.25) is 0 Å². The summed E-state index contributed by atoms with van der Waals surface area (Å²) in [6.45, 7) is 9.89. The summed E-state index contributed by atoms with van der Waals surface area (Å²) >= 11 is 0. The molecule has 82 valence electrons. The lowest BCUT2D eigenvalue weighted by Gasteiger charge is -1.87. The van der Waals surface area contributed by atoms with Gasteiger partial charge >= 0.3 is 6.08 Å². The van der Waals surface area contributed by atoms with Crippen molar-refractivity contribution < 1.29 is 13.2 Å². The molecule has 0 bridgehead atoms. The van der Waals surface area contributed by atoms with Gasteiger partial charge in [-0.1, -0.05) is 41.0 Å². The molecule has 0 unspecified atom stereocenters. The summed E-state index contributed by atoms with van der Waals surface area (Å²) in [6, 6.07) is 0. The molecule has 0 saturated carbocycles. The summed E-state index contributed by atoms with van der Waals surface area (Å²) in [5, 5.41) is 0. The Morgan fingerprint density at radius 1 is 0.923 bits per heavy atom. The molecule has 0 spiro atoms. The van der Waals surface area contributed by atoms with Crippen molar-refractivity contribution >= 4 is 0 Å². The van der Waals surface area contributed by atoms with E-state index in [2.05, 4.69) is 13.8 Å². The Morgan fingerprint density at radius 2 is 1.23 bits per heavy atom. The lowest BCUT2D eigenvalue weighted by atomic mass is 10.3. The standard InChI is InChI=1S/C5H7F3.C3H8.C2H6/c1-2-3-4(6)5(7)8;1-3-2;1-2/h2-3H2,1H3;3H2,1-2H3;1-2H3. The Balaban J connectivity index is -0.000000169. The fourth-order valence-corrected chi connectivity index (χ4v) is 0.314. The van der Waals surface area contributed by atoms with Crippen LogP contribution >= 0.6 is 0 Å². The largest absolute Gasteiger partial charge is 0.301 e. The monoisotopic (exact) mass is 198 g/mol. The van der Waals surface area contributed by atoms with E-state index in [9.17, 15) is 13.2 Å². The zero-order chi connectivity index (χ0) is 11.3. The van der Waals surface area contributed by atoms with Crippen LogP contribution in [-0.2, 0) is 0 Å². The molecule has 0 atom stereocenters. The molecule has 0 aliphatic heterocycles.